The minimum atomic E-state index is -1.03. The number of nitrogens with zero attached hydrogens (tertiary/aromatic N) is 1. The summed E-state index contributed by atoms with van der Waals surface area (Å²) in [5.74, 6) is 1.40. The van der Waals surface area contributed by atoms with Gasteiger partial charge in [0.1, 0.15) is 11.5 Å². The summed E-state index contributed by atoms with van der Waals surface area (Å²) in [4.78, 5) is 17.3. The van der Waals surface area contributed by atoms with Gasteiger partial charge in [0.25, 0.3) is 5.91 Å². The molecule has 37 heavy (non-hydrogen) atoms. The zero-order valence-corrected chi connectivity index (χ0v) is 21.6. The Morgan fingerprint density at radius 2 is 1.51 bits per heavy atom. The lowest BCUT2D eigenvalue weighted by Crippen LogP contribution is -2.55. The molecule has 0 N–H and O–H groups in total. The van der Waals surface area contributed by atoms with Crippen LogP contribution >= 0.6 is 11.8 Å². The second kappa shape index (κ2) is 9.49. The minimum absolute atomic E-state index is 0.0282. The topological polar surface area (TPSA) is 38.8 Å². The molecule has 184 valence electrons. The maximum Gasteiger partial charge on any atom is 0.261 e. The Labute approximate surface area is 221 Å². The fourth-order valence-corrected chi connectivity index (χ4v) is 6.56. The summed E-state index contributed by atoms with van der Waals surface area (Å²) < 4.78 is 12.5. The van der Waals surface area contributed by atoms with Gasteiger partial charge in [0.2, 0.25) is 5.72 Å². The molecule has 0 saturated heterocycles. The van der Waals surface area contributed by atoms with E-state index in [1.807, 2.05) is 90.7 Å². The summed E-state index contributed by atoms with van der Waals surface area (Å²) in [5, 5.41) is 0.0282. The van der Waals surface area contributed by atoms with Gasteiger partial charge in [-0.15, -0.1) is 11.8 Å². The molecular weight excluding hydrogens is 478 g/mol. The van der Waals surface area contributed by atoms with E-state index in [-0.39, 0.29) is 11.2 Å². The van der Waals surface area contributed by atoms with E-state index in [1.165, 1.54) is 0 Å². The van der Waals surface area contributed by atoms with Crippen molar-refractivity contribution in [1.29, 1.82) is 0 Å². The molecule has 4 aromatic rings. The first-order valence-electron chi connectivity index (χ1n) is 12.4. The highest BCUT2D eigenvalue weighted by atomic mass is 32.2. The summed E-state index contributed by atoms with van der Waals surface area (Å²) in [6.45, 7) is 1.86. The average molecular weight is 506 g/mol. The Balaban J connectivity index is 1.60. The highest BCUT2D eigenvalue weighted by Crippen LogP contribution is 2.57. The summed E-state index contributed by atoms with van der Waals surface area (Å²) in [7, 11) is 1.68. The van der Waals surface area contributed by atoms with E-state index < -0.39 is 5.72 Å². The van der Waals surface area contributed by atoms with Crippen molar-refractivity contribution in [3.63, 3.8) is 0 Å². The molecule has 0 fully saturated rings. The summed E-state index contributed by atoms with van der Waals surface area (Å²) >= 11 is 1.77. The van der Waals surface area contributed by atoms with Crippen molar-refractivity contribution in [2.24, 2.45) is 0 Å². The quantitative estimate of drug-likeness (QED) is 0.287. The molecule has 2 aliphatic rings. The van der Waals surface area contributed by atoms with E-state index in [0.29, 0.717) is 17.8 Å². The predicted molar refractivity (Wildman–Crippen MR) is 148 cm³/mol. The van der Waals surface area contributed by atoms with E-state index in [0.717, 1.165) is 33.0 Å². The number of rotatable bonds is 4. The highest BCUT2D eigenvalue weighted by molar-refractivity contribution is 7.99. The zero-order chi connectivity index (χ0) is 25.4. The van der Waals surface area contributed by atoms with Gasteiger partial charge in [0.15, 0.2) is 0 Å². The van der Waals surface area contributed by atoms with Crippen molar-refractivity contribution in [3.8, 4) is 5.75 Å². The molecule has 2 atom stereocenters. The SMILES string of the molecule is COc1ccc(C2CC3(c4ccccc4)OC(c4ccccc4)=C(C)C(=O)N3c3ccccc3S2)cc1. The Morgan fingerprint density at radius 3 is 2.22 bits per heavy atom. The van der Waals surface area contributed by atoms with Crippen LogP contribution in [-0.2, 0) is 15.3 Å². The van der Waals surface area contributed by atoms with Gasteiger partial charge in [-0.25, -0.2) is 0 Å². The van der Waals surface area contributed by atoms with Crippen LogP contribution < -0.4 is 9.64 Å². The third-order valence-corrected chi connectivity index (χ3v) is 8.40. The predicted octanol–water partition coefficient (Wildman–Crippen LogP) is 7.58. The Morgan fingerprint density at radius 1 is 0.865 bits per heavy atom. The molecule has 0 aliphatic carbocycles. The number of methoxy groups -OCH3 is 1. The van der Waals surface area contributed by atoms with E-state index in [4.69, 9.17) is 9.47 Å². The van der Waals surface area contributed by atoms with Crippen molar-refractivity contribution in [2.75, 3.05) is 12.0 Å². The molecule has 2 heterocycles. The molecule has 4 aromatic carbocycles. The van der Waals surface area contributed by atoms with Crippen LogP contribution in [0.3, 0.4) is 0 Å². The van der Waals surface area contributed by atoms with Crippen LogP contribution in [-0.4, -0.2) is 13.0 Å². The van der Waals surface area contributed by atoms with Gasteiger partial charge in [0, 0.05) is 27.7 Å². The monoisotopic (exact) mass is 505 g/mol. The lowest BCUT2D eigenvalue weighted by molar-refractivity contribution is -0.122. The number of carbonyl (C=O) groups excluding carboxylic acids is 1. The molecule has 5 heteroatoms. The average Bonchev–Trinajstić information content (AvgIpc) is 3.11. The Kier molecular flexibility index (Phi) is 6.01. The third-order valence-electron chi connectivity index (χ3n) is 7.08. The first-order valence-corrected chi connectivity index (χ1v) is 13.2. The first kappa shape index (κ1) is 23.4. The van der Waals surface area contributed by atoms with Gasteiger partial charge in [0.05, 0.1) is 18.4 Å². The molecule has 0 radical (unpaired) electrons. The molecule has 0 bridgehead atoms. The van der Waals surface area contributed by atoms with Gasteiger partial charge < -0.3 is 9.47 Å². The molecule has 2 unspecified atom stereocenters. The van der Waals surface area contributed by atoms with Crippen molar-refractivity contribution in [2.45, 2.75) is 29.2 Å². The number of hydrogen-bond acceptors (Lipinski definition) is 4. The van der Waals surface area contributed by atoms with Crippen LogP contribution in [0, 0.1) is 0 Å². The number of benzene rings is 4. The fraction of sp³-hybridized carbons (Fsp3) is 0.156. The van der Waals surface area contributed by atoms with Crippen molar-refractivity contribution in [3.05, 3.63) is 131 Å². The van der Waals surface area contributed by atoms with Crippen LogP contribution in [0.5, 0.6) is 5.75 Å². The molecule has 2 aliphatic heterocycles. The van der Waals surface area contributed by atoms with Gasteiger partial charge in [-0.3, -0.25) is 9.69 Å². The molecular formula is C32H27NO3S. The molecule has 4 nitrogen and oxygen atoms in total. The van der Waals surface area contributed by atoms with Crippen molar-refractivity contribution >= 4 is 29.1 Å². The Hall–Kier alpha value is -3.96. The van der Waals surface area contributed by atoms with E-state index in [9.17, 15) is 4.79 Å². The van der Waals surface area contributed by atoms with Crippen LogP contribution in [0.2, 0.25) is 0 Å². The smallest absolute Gasteiger partial charge is 0.261 e. The number of ether oxygens (including phenoxy) is 2. The summed E-state index contributed by atoms with van der Waals surface area (Å²) in [6.07, 6.45) is 0.568. The second-order valence-corrected chi connectivity index (χ2v) is 10.5. The van der Waals surface area contributed by atoms with E-state index >= 15 is 0 Å². The van der Waals surface area contributed by atoms with Gasteiger partial charge in [-0.05, 0) is 36.8 Å². The summed E-state index contributed by atoms with van der Waals surface area (Å²) in [6, 6.07) is 36.4. The number of hydrogen-bond donors (Lipinski definition) is 0. The lowest BCUT2D eigenvalue weighted by atomic mass is 9.89. The molecule has 0 aromatic heterocycles. The van der Waals surface area contributed by atoms with Crippen LogP contribution in [0.4, 0.5) is 5.69 Å². The normalized spacial score (nSPS) is 21.0. The lowest BCUT2D eigenvalue weighted by Gasteiger charge is -2.48. The molecule has 0 saturated carbocycles. The molecule has 1 amide bonds. The van der Waals surface area contributed by atoms with Gasteiger partial charge in [-0.2, -0.15) is 0 Å². The summed E-state index contributed by atoms with van der Waals surface area (Å²) in [5.41, 5.74) is 3.42. The van der Waals surface area contributed by atoms with E-state index in [1.54, 1.807) is 18.9 Å². The number of fused-ring (bicyclic) bond motifs is 3. The van der Waals surface area contributed by atoms with Crippen molar-refractivity contribution < 1.29 is 14.3 Å². The van der Waals surface area contributed by atoms with Crippen LogP contribution in [0.1, 0.15) is 35.3 Å². The number of carbonyl (C=O) groups is 1. The minimum Gasteiger partial charge on any atom is -0.497 e. The fourth-order valence-electron chi connectivity index (χ4n) is 5.22. The standard InChI is InChI=1S/C32H27NO3S/c1-22-30(24-11-5-3-6-12-24)36-32(25-13-7-4-8-14-25)21-29(23-17-19-26(35-2)20-18-23)37-28-16-10-9-15-27(28)33(32)31(22)34/h3-20,29H,21H2,1-2H3. The Bertz CT molecular complexity index is 1470. The van der Waals surface area contributed by atoms with Gasteiger partial charge >= 0.3 is 0 Å². The number of thioether (sulfide) groups is 1. The first-order chi connectivity index (χ1) is 18.1. The van der Waals surface area contributed by atoms with E-state index in [2.05, 4.69) is 30.3 Å². The largest absolute Gasteiger partial charge is 0.497 e. The zero-order valence-electron chi connectivity index (χ0n) is 20.8. The third kappa shape index (κ3) is 4.00. The van der Waals surface area contributed by atoms with Gasteiger partial charge in [-0.1, -0.05) is 84.9 Å². The second-order valence-electron chi connectivity index (χ2n) is 9.26. The number of para-hydroxylation sites is 1. The van der Waals surface area contributed by atoms with Crippen LogP contribution in [0.25, 0.3) is 5.76 Å². The maximum atomic E-state index is 14.3. The highest BCUT2D eigenvalue weighted by Gasteiger charge is 2.53. The maximum absolute atomic E-state index is 14.3. The number of anilines is 1. The molecule has 0 spiro atoms. The molecule has 6 rings (SSSR count). The number of amides is 1. The van der Waals surface area contributed by atoms with Crippen LogP contribution in [0.15, 0.2) is 120 Å². The van der Waals surface area contributed by atoms with Crippen molar-refractivity contribution in [1.82, 2.24) is 0 Å².